The van der Waals surface area contributed by atoms with Crippen LogP contribution < -0.4 is 26.4 Å². The zero-order valence-electron chi connectivity index (χ0n) is 20.5. The molecule has 1 aliphatic rings. The predicted molar refractivity (Wildman–Crippen MR) is 152 cm³/mol. The number of benzene rings is 2. The second kappa shape index (κ2) is 9.91. The first-order valence-corrected chi connectivity index (χ1v) is 14.4. The van der Waals surface area contributed by atoms with E-state index in [-0.39, 0.29) is 46.1 Å². The van der Waals surface area contributed by atoms with Gasteiger partial charge in [-0.15, -0.1) is 0 Å². The van der Waals surface area contributed by atoms with Crippen LogP contribution in [0.2, 0.25) is 0 Å². The van der Waals surface area contributed by atoms with Gasteiger partial charge in [0.15, 0.2) is 5.58 Å². The summed E-state index contributed by atoms with van der Waals surface area (Å²) in [5.41, 5.74) is 1.89. The number of nitrogens with one attached hydrogen (secondary N) is 2. The van der Waals surface area contributed by atoms with E-state index in [4.69, 9.17) is 9.56 Å². The van der Waals surface area contributed by atoms with E-state index in [1.807, 2.05) is 22.6 Å². The molecule has 0 aliphatic heterocycles. The van der Waals surface area contributed by atoms with Crippen LogP contribution in [0.5, 0.6) is 0 Å². The molecule has 1 aliphatic carbocycles. The van der Waals surface area contributed by atoms with Crippen molar-refractivity contribution >= 4 is 55.1 Å². The van der Waals surface area contributed by atoms with E-state index < -0.39 is 21.7 Å². The van der Waals surface area contributed by atoms with Gasteiger partial charge in [-0.2, -0.15) is 13.1 Å². The average molecular weight is 650 g/mol. The van der Waals surface area contributed by atoms with Gasteiger partial charge in [-0.05, 0) is 84.7 Å². The highest BCUT2D eigenvalue weighted by atomic mass is 127. The lowest BCUT2D eigenvalue weighted by molar-refractivity contribution is 0.552. The number of nitrogens with two attached hydrogens (primary N) is 1. The number of pyridine rings is 1. The molecular formula is C26H24FIN4O5S. The van der Waals surface area contributed by atoms with Gasteiger partial charge in [0.2, 0.25) is 0 Å². The Bertz CT molecular complexity index is 1830. The molecule has 4 N–H and O–H groups in total. The van der Waals surface area contributed by atoms with Crippen LogP contribution in [0.25, 0.3) is 22.1 Å². The number of hydrogen-bond acceptors (Lipinski definition) is 6. The number of fused-ring (bicyclic) bond motifs is 1. The molecule has 1 fully saturated rings. The normalized spacial score (nSPS) is 13.7. The van der Waals surface area contributed by atoms with Crippen molar-refractivity contribution in [1.82, 2.24) is 9.29 Å². The van der Waals surface area contributed by atoms with Crippen LogP contribution in [0, 0.1) is 23.2 Å². The quantitative estimate of drug-likeness (QED) is 0.255. The Labute approximate surface area is 231 Å². The smallest absolute Gasteiger partial charge is 0.341 e. The molecule has 0 unspecified atom stereocenters. The molecule has 4 aromatic rings. The van der Waals surface area contributed by atoms with Gasteiger partial charge in [0.05, 0.1) is 16.9 Å². The number of halogens is 2. The molecule has 1 saturated carbocycles. The van der Waals surface area contributed by atoms with Gasteiger partial charge in [0.25, 0.3) is 15.8 Å². The van der Waals surface area contributed by atoms with Crippen LogP contribution in [0.15, 0.2) is 56.5 Å². The Kier molecular flexibility index (Phi) is 6.92. The monoisotopic (exact) mass is 650 g/mol. The molecule has 12 heteroatoms. The maximum absolute atomic E-state index is 14.8. The molecule has 2 heterocycles. The summed E-state index contributed by atoms with van der Waals surface area (Å²) in [4.78, 5) is 26.9. The maximum Gasteiger partial charge on any atom is 0.341 e. The van der Waals surface area contributed by atoms with Gasteiger partial charge in [-0.3, -0.25) is 4.79 Å². The van der Waals surface area contributed by atoms with E-state index in [0.717, 1.165) is 12.8 Å². The van der Waals surface area contributed by atoms with Gasteiger partial charge in [-0.1, -0.05) is 18.2 Å². The highest BCUT2D eigenvalue weighted by Gasteiger charge is 2.31. The number of rotatable bonds is 7. The van der Waals surface area contributed by atoms with Gasteiger partial charge in [0.1, 0.15) is 11.2 Å². The zero-order valence-corrected chi connectivity index (χ0v) is 23.4. The van der Waals surface area contributed by atoms with Crippen molar-refractivity contribution in [3.8, 4) is 11.1 Å². The molecule has 0 bridgehead atoms. The first-order valence-electron chi connectivity index (χ1n) is 11.8. The van der Waals surface area contributed by atoms with Crippen LogP contribution in [-0.2, 0) is 16.8 Å². The standard InChI is InChI=1S/C26H24FIN4O5S/c1-13-23(31-20-9-6-17(28)11-19(20)27)22-24(37-26(13)34)21(14(2)32(25(22)33)18-7-8-18)16-5-3-4-15(10-16)12-30-38(29,35)36/h3-6,9-11,18,30-31H,7-8,12H2,1-2H3,(H2,29,35,36). The summed E-state index contributed by atoms with van der Waals surface area (Å²) in [6, 6.07) is 11.6. The second-order valence-corrected chi connectivity index (χ2v) is 11.9. The van der Waals surface area contributed by atoms with E-state index in [1.165, 1.54) is 13.0 Å². The summed E-state index contributed by atoms with van der Waals surface area (Å²) >= 11 is 2.00. The maximum atomic E-state index is 14.8. The van der Waals surface area contributed by atoms with Crippen molar-refractivity contribution in [1.29, 1.82) is 0 Å². The van der Waals surface area contributed by atoms with Crippen molar-refractivity contribution in [2.24, 2.45) is 5.14 Å². The summed E-state index contributed by atoms with van der Waals surface area (Å²) in [7, 11) is -3.90. The fourth-order valence-corrected chi connectivity index (χ4v) is 5.40. The fraction of sp³-hybridized carbons (Fsp3) is 0.231. The molecule has 9 nitrogen and oxygen atoms in total. The summed E-state index contributed by atoms with van der Waals surface area (Å²) < 4.78 is 48.0. The van der Waals surface area contributed by atoms with Crippen LogP contribution in [0.4, 0.5) is 15.8 Å². The third kappa shape index (κ3) is 5.13. The highest BCUT2D eigenvalue weighted by molar-refractivity contribution is 14.1. The van der Waals surface area contributed by atoms with Crippen molar-refractivity contribution in [3.63, 3.8) is 0 Å². The molecular weight excluding hydrogens is 626 g/mol. The van der Waals surface area contributed by atoms with Gasteiger partial charge in [-0.25, -0.2) is 14.3 Å². The third-order valence-corrected chi connectivity index (χ3v) is 7.75. The summed E-state index contributed by atoms with van der Waals surface area (Å²) in [6.07, 6.45) is 1.66. The van der Waals surface area contributed by atoms with Crippen LogP contribution in [-0.4, -0.2) is 13.0 Å². The van der Waals surface area contributed by atoms with Crippen LogP contribution in [0.3, 0.4) is 0 Å². The third-order valence-electron chi connectivity index (χ3n) is 6.53. The van der Waals surface area contributed by atoms with Crippen molar-refractivity contribution < 1.29 is 17.2 Å². The molecule has 2 aromatic carbocycles. The van der Waals surface area contributed by atoms with Crippen LogP contribution >= 0.6 is 22.6 Å². The summed E-state index contributed by atoms with van der Waals surface area (Å²) in [5.74, 6) is -0.525. The number of anilines is 2. The van der Waals surface area contributed by atoms with Crippen molar-refractivity contribution in [3.05, 3.63) is 89.4 Å². The van der Waals surface area contributed by atoms with Crippen molar-refractivity contribution in [2.75, 3.05) is 5.32 Å². The second-order valence-electron chi connectivity index (χ2n) is 9.28. The molecule has 38 heavy (non-hydrogen) atoms. The summed E-state index contributed by atoms with van der Waals surface area (Å²) in [5, 5.41) is 8.20. The lowest BCUT2D eigenvalue weighted by Crippen LogP contribution is -2.30. The van der Waals surface area contributed by atoms with Gasteiger partial charge >= 0.3 is 5.63 Å². The molecule has 5 rings (SSSR count). The molecule has 198 valence electrons. The minimum absolute atomic E-state index is 0.00648. The van der Waals surface area contributed by atoms with E-state index in [1.54, 1.807) is 47.9 Å². The first kappa shape index (κ1) is 26.5. The van der Waals surface area contributed by atoms with E-state index in [0.29, 0.717) is 26.0 Å². The molecule has 0 atom stereocenters. The lowest BCUT2D eigenvalue weighted by Gasteiger charge is -2.19. The topological polar surface area (TPSA) is 136 Å². The number of aromatic nitrogens is 1. The van der Waals surface area contributed by atoms with E-state index >= 15 is 0 Å². The van der Waals surface area contributed by atoms with Gasteiger partial charge in [0, 0.05) is 27.4 Å². The summed E-state index contributed by atoms with van der Waals surface area (Å²) in [6.45, 7) is 3.27. The average Bonchev–Trinajstić information content (AvgIpc) is 3.67. The largest absolute Gasteiger partial charge is 0.421 e. The Morgan fingerprint density at radius 1 is 1.16 bits per heavy atom. The Balaban J connectivity index is 1.79. The Hall–Kier alpha value is -3.07. The minimum atomic E-state index is -3.90. The first-order chi connectivity index (χ1) is 17.9. The molecule has 2 aromatic heterocycles. The minimum Gasteiger partial charge on any atom is -0.421 e. The predicted octanol–water partition coefficient (Wildman–Crippen LogP) is 4.35. The van der Waals surface area contributed by atoms with Crippen LogP contribution in [0.1, 0.15) is 35.7 Å². The number of nitrogens with zero attached hydrogens (tertiary/aromatic N) is 1. The molecule has 0 radical (unpaired) electrons. The Morgan fingerprint density at radius 3 is 2.55 bits per heavy atom. The van der Waals surface area contributed by atoms with Crippen molar-refractivity contribution in [2.45, 2.75) is 39.3 Å². The number of hydrogen-bond donors (Lipinski definition) is 3. The Morgan fingerprint density at radius 2 is 1.89 bits per heavy atom. The fourth-order valence-electron chi connectivity index (χ4n) is 4.58. The SMILES string of the molecule is Cc1c(Nc2ccc(I)cc2F)c2c(=O)n(C3CC3)c(C)c(-c3cccc(CNS(N)(=O)=O)c3)c2oc1=O. The lowest BCUT2D eigenvalue weighted by atomic mass is 9.98. The van der Waals surface area contributed by atoms with Gasteiger partial charge < -0.3 is 14.3 Å². The molecule has 0 amide bonds. The molecule has 0 saturated heterocycles. The zero-order chi connectivity index (χ0) is 27.4. The van der Waals surface area contributed by atoms with E-state index in [2.05, 4.69) is 10.0 Å². The molecule has 0 spiro atoms. The highest BCUT2D eigenvalue weighted by Crippen LogP contribution is 2.41. The van der Waals surface area contributed by atoms with E-state index in [9.17, 15) is 22.4 Å².